The van der Waals surface area contributed by atoms with E-state index in [4.69, 9.17) is 16.3 Å². The number of benzene rings is 1. The molecule has 0 aliphatic carbocycles. The molecule has 1 heterocycles. The summed E-state index contributed by atoms with van der Waals surface area (Å²) < 4.78 is 5.04. The molecule has 0 atom stereocenters. The molecule has 0 N–H and O–H groups in total. The summed E-state index contributed by atoms with van der Waals surface area (Å²) >= 11 is 7.59. The van der Waals surface area contributed by atoms with E-state index in [-0.39, 0.29) is 22.2 Å². The van der Waals surface area contributed by atoms with Crippen LogP contribution in [0, 0.1) is 10.1 Å². The molecule has 0 bridgehead atoms. The Hall–Kier alpha value is -1.96. The number of carbonyl (C=O) groups excluding carboxylic acids is 1. The molecule has 2 rings (SSSR count). The van der Waals surface area contributed by atoms with E-state index in [9.17, 15) is 14.9 Å². The molecule has 0 aliphatic rings. The van der Waals surface area contributed by atoms with Gasteiger partial charge in [0, 0.05) is 32.3 Å². The number of amides is 1. The molecule has 0 fully saturated rings. The summed E-state index contributed by atoms with van der Waals surface area (Å²) in [6.07, 6.45) is 0. The molecule has 8 heteroatoms. The Bertz CT molecular complexity index is 691. The fraction of sp³-hybridized carbons (Fsp3) is 0.267. The highest BCUT2D eigenvalue weighted by molar-refractivity contribution is 7.07. The Labute approximate surface area is 142 Å². The minimum Gasteiger partial charge on any atom is -0.383 e. The van der Waals surface area contributed by atoms with Crippen LogP contribution in [-0.4, -0.2) is 36.0 Å². The second-order valence-corrected chi connectivity index (χ2v) is 5.96. The zero-order valence-corrected chi connectivity index (χ0v) is 14.0. The number of nitro benzene ring substituents is 1. The summed E-state index contributed by atoms with van der Waals surface area (Å²) in [4.78, 5) is 24.7. The normalized spacial score (nSPS) is 10.5. The number of thiophene rings is 1. The van der Waals surface area contributed by atoms with E-state index in [0.717, 1.165) is 5.56 Å². The molecule has 2 aromatic rings. The quantitative estimate of drug-likeness (QED) is 0.562. The van der Waals surface area contributed by atoms with E-state index < -0.39 is 4.92 Å². The van der Waals surface area contributed by atoms with E-state index in [1.54, 1.807) is 12.0 Å². The Morgan fingerprint density at radius 3 is 2.83 bits per heavy atom. The standard InChI is InChI=1S/C15H15ClN2O4S/c1-22-6-5-17(9-11-4-7-23-10-11)15(19)13-8-12(18(20)21)2-3-14(13)16/h2-4,7-8,10H,5-6,9H2,1H3. The summed E-state index contributed by atoms with van der Waals surface area (Å²) in [6.45, 7) is 1.12. The van der Waals surface area contributed by atoms with Crippen LogP contribution in [0.2, 0.25) is 5.02 Å². The summed E-state index contributed by atoms with van der Waals surface area (Å²) in [5.41, 5.74) is 0.938. The molecule has 0 spiro atoms. The number of methoxy groups -OCH3 is 1. The average Bonchev–Trinajstić information content (AvgIpc) is 3.04. The van der Waals surface area contributed by atoms with Gasteiger partial charge in [-0.15, -0.1) is 0 Å². The maximum Gasteiger partial charge on any atom is 0.270 e. The first-order valence-electron chi connectivity index (χ1n) is 6.76. The van der Waals surface area contributed by atoms with Crippen LogP contribution < -0.4 is 0 Å². The van der Waals surface area contributed by atoms with Crippen LogP contribution in [0.15, 0.2) is 35.0 Å². The number of ether oxygens (including phenoxy) is 1. The summed E-state index contributed by atoms with van der Waals surface area (Å²) in [5, 5.41) is 15.0. The van der Waals surface area contributed by atoms with Crippen molar-refractivity contribution in [3.05, 3.63) is 61.3 Å². The van der Waals surface area contributed by atoms with Crippen molar-refractivity contribution >= 4 is 34.5 Å². The topological polar surface area (TPSA) is 72.7 Å². The third kappa shape index (κ3) is 4.51. The van der Waals surface area contributed by atoms with Gasteiger partial charge < -0.3 is 9.64 Å². The third-order valence-corrected chi connectivity index (χ3v) is 4.26. The van der Waals surface area contributed by atoms with E-state index in [1.165, 1.54) is 29.5 Å². The first kappa shape index (κ1) is 17.4. The van der Waals surface area contributed by atoms with Gasteiger partial charge in [0.25, 0.3) is 11.6 Å². The van der Waals surface area contributed by atoms with Gasteiger partial charge in [-0.3, -0.25) is 14.9 Å². The highest BCUT2D eigenvalue weighted by atomic mass is 35.5. The van der Waals surface area contributed by atoms with E-state index in [0.29, 0.717) is 19.7 Å². The van der Waals surface area contributed by atoms with Crippen LogP contribution in [0.1, 0.15) is 15.9 Å². The lowest BCUT2D eigenvalue weighted by Crippen LogP contribution is -2.33. The number of nitrogens with zero attached hydrogens (tertiary/aromatic N) is 2. The molecular formula is C15H15ClN2O4S. The second kappa shape index (κ2) is 8.05. The summed E-state index contributed by atoms with van der Waals surface area (Å²) in [5.74, 6) is -0.359. The van der Waals surface area contributed by atoms with Gasteiger partial charge in [0.1, 0.15) is 0 Å². The fourth-order valence-electron chi connectivity index (χ4n) is 2.02. The minimum atomic E-state index is -0.550. The van der Waals surface area contributed by atoms with Crippen molar-refractivity contribution in [2.24, 2.45) is 0 Å². The molecule has 0 unspecified atom stereocenters. The van der Waals surface area contributed by atoms with Gasteiger partial charge in [0.05, 0.1) is 22.1 Å². The number of hydrogen-bond acceptors (Lipinski definition) is 5. The maximum absolute atomic E-state index is 12.7. The predicted octanol–water partition coefficient (Wildman–Crippen LogP) is 3.60. The number of hydrogen-bond donors (Lipinski definition) is 0. The zero-order chi connectivity index (χ0) is 16.8. The Morgan fingerprint density at radius 1 is 1.43 bits per heavy atom. The number of rotatable bonds is 7. The SMILES string of the molecule is COCCN(Cc1ccsc1)C(=O)c1cc([N+](=O)[O-])ccc1Cl. The molecular weight excluding hydrogens is 340 g/mol. The number of nitro groups is 1. The predicted molar refractivity (Wildman–Crippen MR) is 89.0 cm³/mol. The monoisotopic (exact) mass is 354 g/mol. The molecule has 122 valence electrons. The Balaban J connectivity index is 2.28. The highest BCUT2D eigenvalue weighted by Gasteiger charge is 2.21. The average molecular weight is 355 g/mol. The van der Waals surface area contributed by atoms with Crippen LogP contribution in [0.4, 0.5) is 5.69 Å². The summed E-state index contributed by atoms with van der Waals surface area (Å²) in [7, 11) is 1.55. The number of halogens is 1. The summed E-state index contributed by atoms with van der Waals surface area (Å²) in [6, 6.07) is 5.77. The first-order chi connectivity index (χ1) is 11.0. The van der Waals surface area contributed by atoms with Crippen LogP contribution in [-0.2, 0) is 11.3 Å². The lowest BCUT2D eigenvalue weighted by atomic mass is 10.1. The molecule has 0 saturated carbocycles. The van der Waals surface area contributed by atoms with Crippen molar-refractivity contribution < 1.29 is 14.5 Å². The van der Waals surface area contributed by atoms with Crippen molar-refractivity contribution in [3.8, 4) is 0 Å². The van der Waals surface area contributed by atoms with Gasteiger partial charge in [-0.2, -0.15) is 11.3 Å². The number of carbonyl (C=O) groups is 1. The van der Waals surface area contributed by atoms with Crippen LogP contribution >= 0.6 is 22.9 Å². The third-order valence-electron chi connectivity index (χ3n) is 3.20. The molecule has 23 heavy (non-hydrogen) atoms. The number of non-ortho nitro benzene ring substituents is 1. The molecule has 1 aromatic heterocycles. The molecule has 0 radical (unpaired) electrons. The van der Waals surface area contributed by atoms with Crippen LogP contribution in [0.3, 0.4) is 0 Å². The Kier molecular flexibility index (Phi) is 6.09. The van der Waals surface area contributed by atoms with Crippen molar-refractivity contribution in [2.75, 3.05) is 20.3 Å². The van der Waals surface area contributed by atoms with E-state index in [1.807, 2.05) is 16.8 Å². The van der Waals surface area contributed by atoms with Gasteiger partial charge in [-0.25, -0.2) is 0 Å². The molecule has 1 amide bonds. The van der Waals surface area contributed by atoms with Gasteiger partial charge >= 0.3 is 0 Å². The first-order valence-corrected chi connectivity index (χ1v) is 8.08. The van der Waals surface area contributed by atoms with Gasteiger partial charge in [-0.05, 0) is 28.5 Å². The van der Waals surface area contributed by atoms with Crippen LogP contribution in [0.5, 0.6) is 0 Å². The van der Waals surface area contributed by atoms with Crippen molar-refractivity contribution in [1.29, 1.82) is 0 Å². The van der Waals surface area contributed by atoms with Crippen molar-refractivity contribution in [1.82, 2.24) is 4.90 Å². The second-order valence-electron chi connectivity index (χ2n) is 4.77. The molecule has 6 nitrogen and oxygen atoms in total. The largest absolute Gasteiger partial charge is 0.383 e. The smallest absolute Gasteiger partial charge is 0.270 e. The van der Waals surface area contributed by atoms with Crippen molar-refractivity contribution in [3.63, 3.8) is 0 Å². The van der Waals surface area contributed by atoms with E-state index in [2.05, 4.69) is 0 Å². The zero-order valence-electron chi connectivity index (χ0n) is 12.4. The van der Waals surface area contributed by atoms with Gasteiger partial charge in [0.15, 0.2) is 0 Å². The maximum atomic E-state index is 12.7. The molecule has 1 aromatic carbocycles. The molecule has 0 saturated heterocycles. The van der Waals surface area contributed by atoms with E-state index >= 15 is 0 Å². The lowest BCUT2D eigenvalue weighted by molar-refractivity contribution is -0.384. The fourth-order valence-corrected chi connectivity index (χ4v) is 2.88. The minimum absolute atomic E-state index is 0.118. The molecule has 0 aliphatic heterocycles. The van der Waals surface area contributed by atoms with Gasteiger partial charge in [0.2, 0.25) is 0 Å². The van der Waals surface area contributed by atoms with Crippen LogP contribution in [0.25, 0.3) is 0 Å². The lowest BCUT2D eigenvalue weighted by Gasteiger charge is -2.22. The van der Waals surface area contributed by atoms with Crippen molar-refractivity contribution in [2.45, 2.75) is 6.54 Å². The van der Waals surface area contributed by atoms with Gasteiger partial charge in [-0.1, -0.05) is 11.6 Å². The highest BCUT2D eigenvalue weighted by Crippen LogP contribution is 2.24. The Morgan fingerprint density at radius 2 is 2.22 bits per heavy atom.